The van der Waals surface area contributed by atoms with E-state index in [0.717, 1.165) is 23.4 Å². The average Bonchev–Trinajstić information content (AvgIpc) is 2.81. The van der Waals surface area contributed by atoms with Gasteiger partial charge in [0.05, 0.1) is 24.0 Å². The number of nitrogens with one attached hydrogen (secondary N) is 1. The molecular formula is C13H13ClN4. The molecule has 0 aliphatic carbocycles. The quantitative estimate of drug-likeness (QED) is 0.811. The van der Waals surface area contributed by atoms with E-state index >= 15 is 0 Å². The van der Waals surface area contributed by atoms with E-state index in [1.54, 1.807) is 0 Å². The molecule has 0 saturated carbocycles. The van der Waals surface area contributed by atoms with E-state index in [-0.39, 0.29) is 6.04 Å². The first kappa shape index (κ1) is 11.3. The lowest BCUT2D eigenvalue weighted by Gasteiger charge is -2.15. The summed E-state index contributed by atoms with van der Waals surface area (Å²) in [5.41, 5.74) is 8.59. The third-order valence-electron chi connectivity index (χ3n) is 3.03. The van der Waals surface area contributed by atoms with Crippen LogP contribution in [-0.2, 0) is 0 Å². The van der Waals surface area contributed by atoms with Gasteiger partial charge in [-0.3, -0.25) is 4.99 Å². The minimum absolute atomic E-state index is 0.184. The Morgan fingerprint density at radius 1 is 1.39 bits per heavy atom. The van der Waals surface area contributed by atoms with Gasteiger partial charge in [0.15, 0.2) is 0 Å². The number of nitrogens with zero attached hydrogens (tertiary/aromatic N) is 2. The summed E-state index contributed by atoms with van der Waals surface area (Å²) >= 11 is 6.07. The Bertz CT molecular complexity index is 566. The summed E-state index contributed by atoms with van der Waals surface area (Å²) in [6.07, 6.45) is 4.96. The Hall–Kier alpha value is -1.81. The third kappa shape index (κ3) is 1.99. The molecule has 0 radical (unpaired) electrons. The molecule has 1 aromatic rings. The molecule has 2 aliphatic heterocycles. The molecule has 2 heterocycles. The maximum absolute atomic E-state index is 6.07. The predicted octanol–water partition coefficient (Wildman–Crippen LogP) is 2.01. The molecule has 1 aromatic carbocycles. The largest absolute Gasteiger partial charge is 0.386 e. The molecule has 3 rings (SSSR count). The fourth-order valence-electron chi connectivity index (χ4n) is 2.20. The summed E-state index contributed by atoms with van der Waals surface area (Å²) in [7, 11) is 0. The van der Waals surface area contributed by atoms with Crippen LogP contribution in [0.4, 0.5) is 5.69 Å². The van der Waals surface area contributed by atoms with E-state index in [0.29, 0.717) is 17.4 Å². The Balaban J connectivity index is 2.09. The number of amidine groups is 1. The van der Waals surface area contributed by atoms with E-state index in [1.807, 2.05) is 24.4 Å². The molecule has 0 fully saturated rings. The van der Waals surface area contributed by atoms with Gasteiger partial charge in [0, 0.05) is 10.6 Å². The van der Waals surface area contributed by atoms with Crippen molar-refractivity contribution in [1.82, 2.24) is 5.32 Å². The van der Waals surface area contributed by atoms with Gasteiger partial charge in [-0.25, -0.2) is 4.99 Å². The molecule has 4 nitrogen and oxygen atoms in total. The van der Waals surface area contributed by atoms with Gasteiger partial charge in [-0.2, -0.15) is 0 Å². The Labute approximate surface area is 110 Å². The van der Waals surface area contributed by atoms with Crippen LogP contribution in [0, 0.1) is 0 Å². The van der Waals surface area contributed by atoms with Crippen LogP contribution in [0.3, 0.4) is 0 Å². The molecule has 92 valence electrons. The molecule has 18 heavy (non-hydrogen) atoms. The fraction of sp³-hybridized carbons (Fsp3) is 0.231. The first-order valence-corrected chi connectivity index (χ1v) is 6.20. The standard InChI is InChI=1S/C13H13ClN4/c14-8-3-4-10-9(6-8)13(11-2-1-5-16-11)17-7-12(15)18-10/h1,3-6,11,16H,2,7H2,(H2,15,18). The SMILES string of the molecule is NC1=Nc2ccc(Cl)cc2C(C2CC=CN2)=NC1. The number of benzene rings is 1. The lowest BCUT2D eigenvalue weighted by molar-refractivity contribution is 0.795. The van der Waals surface area contributed by atoms with E-state index < -0.39 is 0 Å². The molecule has 2 aliphatic rings. The number of hydrogen-bond acceptors (Lipinski definition) is 4. The van der Waals surface area contributed by atoms with Gasteiger partial charge in [-0.1, -0.05) is 17.7 Å². The van der Waals surface area contributed by atoms with Crippen molar-refractivity contribution < 1.29 is 0 Å². The summed E-state index contributed by atoms with van der Waals surface area (Å²) in [4.78, 5) is 8.94. The van der Waals surface area contributed by atoms with Crippen molar-refractivity contribution in [3.05, 3.63) is 41.1 Å². The maximum atomic E-state index is 6.07. The second kappa shape index (κ2) is 4.46. The number of fused-ring (bicyclic) bond motifs is 1. The van der Waals surface area contributed by atoms with Gasteiger partial charge >= 0.3 is 0 Å². The second-order valence-electron chi connectivity index (χ2n) is 4.32. The van der Waals surface area contributed by atoms with Crippen molar-refractivity contribution in [1.29, 1.82) is 0 Å². The van der Waals surface area contributed by atoms with E-state index in [2.05, 4.69) is 21.4 Å². The molecule has 3 N–H and O–H groups in total. The predicted molar refractivity (Wildman–Crippen MR) is 74.8 cm³/mol. The molecule has 0 amide bonds. The van der Waals surface area contributed by atoms with Gasteiger partial charge in [0.1, 0.15) is 5.84 Å². The molecule has 0 spiro atoms. The first-order chi connectivity index (χ1) is 8.74. The highest BCUT2D eigenvalue weighted by Crippen LogP contribution is 2.27. The van der Waals surface area contributed by atoms with Crippen LogP contribution in [-0.4, -0.2) is 24.1 Å². The number of aliphatic imine (C=N–C) groups is 2. The number of halogens is 1. The number of rotatable bonds is 1. The minimum Gasteiger partial charge on any atom is -0.386 e. The third-order valence-corrected chi connectivity index (χ3v) is 3.26. The highest BCUT2D eigenvalue weighted by Gasteiger charge is 2.22. The van der Waals surface area contributed by atoms with Gasteiger partial charge in [0.2, 0.25) is 0 Å². The van der Waals surface area contributed by atoms with Crippen LogP contribution in [0.5, 0.6) is 0 Å². The Morgan fingerprint density at radius 2 is 2.28 bits per heavy atom. The van der Waals surface area contributed by atoms with Crippen LogP contribution in [0.15, 0.2) is 40.5 Å². The van der Waals surface area contributed by atoms with Crippen molar-refractivity contribution in [3.8, 4) is 0 Å². The summed E-state index contributed by atoms with van der Waals surface area (Å²) in [5.74, 6) is 0.527. The van der Waals surface area contributed by atoms with E-state index in [4.69, 9.17) is 17.3 Å². The van der Waals surface area contributed by atoms with Gasteiger partial charge in [-0.05, 0) is 30.8 Å². The highest BCUT2D eigenvalue weighted by molar-refractivity contribution is 6.31. The molecule has 1 unspecified atom stereocenters. The topological polar surface area (TPSA) is 62.8 Å². The van der Waals surface area contributed by atoms with E-state index in [1.165, 1.54) is 0 Å². The van der Waals surface area contributed by atoms with Crippen LogP contribution in [0.1, 0.15) is 12.0 Å². The van der Waals surface area contributed by atoms with Crippen molar-refractivity contribution in [3.63, 3.8) is 0 Å². The van der Waals surface area contributed by atoms with Crippen LogP contribution in [0.2, 0.25) is 5.02 Å². The lowest BCUT2D eigenvalue weighted by atomic mass is 10.0. The monoisotopic (exact) mass is 260 g/mol. The molecule has 5 heteroatoms. The zero-order valence-electron chi connectivity index (χ0n) is 9.73. The smallest absolute Gasteiger partial charge is 0.121 e. The molecular weight excluding hydrogens is 248 g/mol. The molecule has 0 bridgehead atoms. The van der Waals surface area contributed by atoms with Crippen molar-refractivity contribution in [2.45, 2.75) is 12.5 Å². The van der Waals surface area contributed by atoms with Crippen molar-refractivity contribution in [2.75, 3.05) is 6.54 Å². The number of hydrogen-bond donors (Lipinski definition) is 2. The molecule has 0 aromatic heterocycles. The Morgan fingerprint density at radius 3 is 3.06 bits per heavy atom. The van der Waals surface area contributed by atoms with Gasteiger partial charge < -0.3 is 11.1 Å². The van der Waals surface area contributed by atoms with Crippen LogP contribution < -0.4 is 11.1 Å². The van der Waals surface area contributed by atoms with Gasteiger partial charge in [-0.15, -0.1) is 0 Å². The second-order valence-corrected chi connectivity index (χ2v) is 4.76. The maximum Gasteiger partial charge on any atom is 0.121 e. The Kier molecular flexibility index (Phi) is 2.80. The first-order valence-electron chi connectivity index (χ1n) is 5.82. The van der Waals surface area contributed by atoms with E-state index in [9.17, 15) is 0 Å². The summed E-state index contributed by atoms with van der Waals surface area (Å²) in [6.45, 7) is 0.430. The van der Waals surface area contributed by atoms with Crippen LogP contribution in [0.25, 0.3) is 0 Å². The zero-order valence-corrected chi connectivity index (χ0v) is 10.5. The number of nitrogens with two attached hydrogens (primary N) is 1. The van der Waals surface area contributed by atoms with Crippen molar-refractivity contribution >= 4 is 28.8 Å². The summed E-state index contributed by atoms with van der Waals surface area (Å²) in [5, 5.41) is 3.97. The molecule has 0 saturated heterocycles. The minimum atomic E-state index is 0.184. The summed E-state index contributed by atoms with van der Waals surface area (Å²) < 4.78 is 0. The lowest BCUT2D eigenvalue weighted by Crippen LogP contribution is -2.30. The zero-order chi connectivity index (χ0) is 12.5. The fourth-order valence-corrected chi connectivity index (χ4v) is 2.37. The van der Waals surface area contributed by atoms with Gasteiger partial charge in [0.25, 0.3) is 0 Å². The molecule has 1 atom stereocenters. The highest BCUT2D eigenvalue weighted by atomic mass is 35.5. The van der Waals surface area contributed by atoms with Crippen LogP contribution >= 0.6 is 11.6 Å². The van der Waals surface area contributed by atoms with Crippen molar-refractivity contribution in [2.24, 2.45) is 15.7 Å². The average molecular weight is 261 g/mol. The summed E-state index contributed by atoms with van der Waals surface area (Å²) in [6, 6.07) is 5.79. The normalized spacial score (nSPS) is 21.7.